The normalized spacial score (nSPS) is 17.7. The Hall–Kier alpha value is -2.10. The molecule has 1 fully saturated rings. The number of ether oxygens (including phenoxy) is 1. The van der Waals surface area contributed by atoms with Gasteiger partial charge in [-0.15, -0.1) is 0 Å². The molecular weight excluding hydrogens is 406 g/mol. The summed E-state index contributed by atoms with van der Waals surface area (Å²) in [6.07, 6.45) is 2.44. The fraction of sp³-hybridized carbons (Fsp3) is 0.444. The van der Waals surface area contributed by atoms with Crippen LogP contribution in [0.2, 0.25) is 5.02 Å². The molecule has 0 amide bonds. The second kappa shape index (κ2) is 7.73. The van der Waals surface area contributed by atoms with Crippen molar-refractivity contribution in [2.45, 2.75) is 31.3 Å². The van der Waals surface area contributed by atoms with E-state index in [0.717, 1.165) is 6.26 Å². The number of aryl methyl sites for hydroxylation is 1. The number of rotatable bonds is 5. The van der Waals surface area contributed by atoms with Crippen LogP contribution >= 0.6 is 11.6 Å². The highest BCUT2D eigenvalue weighted by Gasteiger charge is 2.30. The first-order chi connectivity index (χ1) is 13.2. The zero-order valence-corrected chi connectivity index (χ0v) is 17.4. The lowest BCUT2D eigenvalue weighted by Crippen LogP contribution is -2.44. The number of nitrogens with zero attached hydrogens (tertiary/aromatic N) is 2. The number of carbonyl (C=O) groups excluding carboxylic acids is 1. The molecule has 1 saturated heterocycles. The van der Waals surface area contributed by atoms with Crippen LogP contribution in [0.4, 0.5) is 5.69 Å². The summed E-state index contributed by atoms with van der Waals surface area (Å²) in [5.41, 5.74) is -0.131. The third-order valence-electron chi connectivity index (χ3n) is 4.78. The van der Waals surface area contributed by atoms with Crippen LogP contribution in [-0.2, 0) is 21.1 Å². The number of carbonyl (C=O) groups is 1. The molecule has 0 bridgehead atoms. The number of ketones is 1. The molecule has 0 radical (unpaired) electrons. The summed E-state index contributed by atoms with van der Waals surface area (Å²) >= 11 is 6.57. The molecule has 2 aromatic rings. The number of sulfone groups is 1. The Morgan fingerprint density at radius 2 is 2.07 bits per heavy atom. The highest BCUT2D eigenvalue weighted by molar-refractivity contribution is 7.90. The van der Waals surface area contributed by atoms with Crippen molar-refractivity contribution in [2.75, 3.05) is 30.9 Å². The van der Waals surface area contributed by atoms with Crippen LogP contribution in [-0.4, -0.2) is 56.0 Å². The summed E-state index contributed by atoms with van der Waals surface area (Å²) in [4.78, 5) is 27.2. The Morgan fingerprint density at radius 1 is 1.36 bits per heavy atom. The summed E-state index contributed by atoms with van der Waals surface area (Å²) < 4.78 is 31.4. The van der Waals surface area contributed by atoms with E-state index in [0.29, 0.717) is 26.3 Å². The number of benzene rings is 1. The number of aromatic nitrogens is 2. The fourth-order valence-electron chi connectivity index (χ4n) is 3.30. The first-order valence-corrected chi connectivity index (χ1v) is 11.1. The molecule has 1 N–H and O–H groups in total. The number of hydrogen-bond acceptors (Lipinski definition) is 6. The van der Waals surface area contributed by atoms with E-state index in [1.165, 1.54) is 23.0 Å². The monoisotopic (exact) mass is 427 g/mol. The molecule has 0 aliphatic carbocycles. The molecule has 1 aliphatic heterocycles. The summed E-state index contributed by atoms with van der Waals surface area (Å²) in [5.74, 6) is -0.555. The van der Waals surface area contributed by atoms with Crippen molar-refractivity contribution in [1.82, 2.24) is 9.78 Å². The van der Waals surface area contributed by atoms with E-state index in [2.05, 4.69) is 5.10 Å². The van der Waals surface area contributed by atoms with Crippen molar-refractivity contribution >= 4 is 32.9 Å². The Labute approximate surface area is 167 Å². The minimum absolute atomic E-state index is 0.0188. The van der Waals surface area contributed by atoms with Crippen molar-refractivity contribution in [1.29, 1.82) is 0 Å². The van der Waals surface area contributed by atoms with Crippen molar-refractivity contribution in [3.8, 4) is 0 Å². The highest BCUT2D eigenvalue weighted by atomic mass is 35.5. The third kappa shape index (κ3) is 3.61. The SMILES string of the molecule is CCn1[nH]cc(C(=O)c2ccc(S(C)(=O)=O)c(N3CCOCC3C)c2Cl)c1=O. The van der Waals surface area contributed by atoms with E-state index in [1.807, 2.05) is 11.8 Å². The van der Waals surface area contributed by atoms with Crippen LogP contribution in [0.1, 0.15) is 29.8 Å². The van der Waals surface area contributed by atoms with Crippen molar-refractivity contribution in [3.05, 3.63) is 44.8 Å². The van der Waals surface area contributed by atoms with Crippen molar-refractivity contribution < 1.29 is 17.9 Å². The van der Waals surface area contributed by atoms with Gasteiger partial charge in [0.25, 0.3) is 5.56 Å². The quantitative estimate of drug-likeness (QED) is 0.729. The van der Waals surface area contributed by atoms with E-state index in [4.69, 9.17) is 16.3 Å². The topological polar surface area (TPSA) is 101 Å². The van der Waals surface area contributed by atoms with Crippen LogP contribution in [0.3, 0.4) is 0 Å². The molecule has 1 aliphatic rings. The van der Waals surface area contributed by atoms with Crippen molar-refractivity contribution in [3.63, 3.8) is 0 Å². The van der Waals surface area contributed by atoms with E-state index in [9.17, 15) is 18.0 Å². The van der Waals surface area contributed by atoms with E-state index < -0.39 is 21.2 Å². The van der Waals surface area contributed by atoms with Gasteiger partial charge >= 0.3 is 0 Å². The molecule has 2 heterocycles. The molecule has 10 heteroatoms. The fourth-order valence-corrected chi connectivity index (χ4v) is 4.60. The lowest BCUT2D eigenvalue weighted by Gasteiger charge is -2.37. The maximum absolute atomic E-state index is 13.0. The van der Waals surface area contributed by atoms with Gasteiger partial charge in [-0.25, -0.2) is 8.42 Å². The van der Waals surface area contributed by atoms with E-state index >= 15 is 0 Å². The molecule has 28 heavy (non-hydrogen) atoms. The van der Waals surface area contributed by atoms with Gasteiger partial charge in [-0.1, -0.05) is 11.6 Å². The number of morpholine rings is 1. The molecule has 152 valence electrons. The molecule has 8 nitrogen and oxygen atoms in total. The highest BCUT2D eigenvalue weighted by Crippen LogP contribution is 2.38. The largest absolute Gasteiger partial charge is 0.377 e. The maximum atomic E-state index is 13.0. The van der Waals surface area contributed by atoms with Crippen LogP contribution in [0, 0.1) is 0 Å². The number of nitrogens with one attached hydrogen (secondary N) is 1. The molecule has 1 atom stereocenters. The number of hydrogen-bond donors (Lipinski definition) is 1. The van der Waals surface area contributed by atoms with E-state index in [-0.39, 0.29) is 32.8 Å². The van der Waals surface area contributed by atoms with Gasteiger partial charge in [-0.05, 0) is 26.0 Å². The van der Waals surface area contributed by atoms with Gasteiger partial charge in [0, 0.05) is 37.1 Å². The second-order valence-electron chi connectivity index (χ2n) is 6.73. The lowest BCUT2D eigenvalue weighted by molar-refractivity contribution is 0.0986. The maximum Gasteiger partial charge on any atom is 0.277 e. The molecule has 1 aromatic carbocycles. The van der Waals surface area contributed by atoms with Crippen LogP contribution < -0.4 is 10.5 Å². The summed E-state index contributed by atoms with van der Waals surface area (Å²) in [7, 11) is -3.59. The van der Waals surface area contributed by atoms with Gasteiger partial charge in [0.15, 0.2) is 9.84 Å². The Kier molecular flexibility index (Phi) is 5.69. The minimum Gasteiger partial charge on any atom is -0.377 e. The first-order valence-electron chi connectivity index (χ1n) is 8.86. The first kappa shape index (κ1) is 20.6. The smallest absolute Gasteiger partial charge is 0.277 e. The van der Waals surface area contributed by atoms with Crippen LogP contribution in [0.15, 0.2) is 28.0 Å². The molecule has 3 rings (SSSR count). The number of H-pyrrole nitrogens is 1. The number of aromatic amines is 1. The van der Waals surface area contributed by atoms with Gasteiger partial charge in [-0.2, -0.15) is 0 Å². The zero-order valence-electron chi connectivity index (χ0n) is 15.9. The van der Waals surface area contributed by atoms with Gasteiger partial charge in [0.2, 0.25) is 5.78 Å². The Balaban J connectivity index is 2.19. The average molecular weight is 428 g/mol. The van der Waals surface area contributed by atoms with Gasteiger partial charge < -0.3 is 14.7 Å². The van der Waals surface area contributed by atoms with Crippen molar-refractivity contribution in [2.24, 2.45) is 0 Å². The molecule has 0 saturated carbocycles. The number of anilines is 1. The lowest BCUT2D eigenvalue weighted by atomic mass is 10.0. The summed E-state index contributed by atoms with van der Waals surface area (Å²) in [6.45, 7) is 5.33. The average Bonchev–Trinajstić information content (AvgIpc) is 3.01. The predicted molar refractivity (Wildman–Crippen MR) is 106 cm³/mol. The second-order valence-corrected chi connectivity index (χ2v) is 9.09. The van der Waals surface area contributed by atoms with Gasteiger partial charge in [-0.3, -0.25) is 14.3 Å². The predicted octanol–water partition coefficient (Wildman–Crippen LogP) is 1.71. The van der Waals surface area contributed by atoms with Gasteiger partial charge in [0.1, 0.15) is 5.56 Å². The van der Waals surface area contributed by atoms with Gasteiger partial charge in [0.05, 0.1) is 28.8 Å². The standard InChI is InChI=1S/C18H22ClN3O5S/c1-4-22-18(24)13(9-20-22)17(23)12-5-6-14(28(3,25)26)16(15(12)19)21-7-8-27-10-11(21)2/h5-6,9,11,20H,4,7-8,10H2,1-3H3. The minimum atomic E-state index is -3.59. The van der Waals surface area contributed by atoms with Crippen LogP contribution in [0.25, 0.3) is 0 Å². The number of halogens is 1. The Bertz CT molecular complexity index is 1070. The molecule has 1 unspecified atom stereocenters. The molecular formula is C18H22ClN3O5S. The van der Waals surface area contributed by atoms with E-state index in [1.54, 1.807) is 6.92 Å². The zero-order chi connectivity index (χ0) is 20.6. The van der Waals surface area contributed by atoms with Crippen LogP contribution in [0.5, 0.6) is 0 Å². The molecule has 1 aromatic heterocycles. The Morgan fingerprint density at radius 3 is 2.64 bits per heavy atom. The molecule has 0 spiro atoms. The third-order valence-corrected chi connectivity index (χ3v) is 6.29. The summed E-state index contributed by atoms with van der Waals surface area (Å²) in [6, 6.07) is 2.61. The summed E-state index contributed by atoms with van der Waals surface area (Å²) in [5, 5.41) is 2.75.